The molecule has 0 N–H and O–H groups in total. The lowest BCUT2D eigenvalue weighted by Gasteiger charge is -2.31. The minimum Gasteiger partial charge on any atom is -0.0651 e. The molecule has 0 radical (unpaired) electrons. The molecule has 0 saturated heterocycles. The molecule has 0 nitrogen and oxygen atoms in total. The van der Waals surface area contributed by atoms with Crippen LogP contribution in [0.3, 0.4) is 0 Å². The highest BCUT2D eigenvalue weighted by atomic mass is 14.3. The molecular formula is C64H82. The second-order valence-electron chi connectivity index (χ2n) is 18.4. The van der Waals surface area contributed by atoms with Crippen LogP contribution in [0, 0.1) is 0 Å². The molecule has 338 valence electrons. The molecule has 0 aromatic heterocycles. The number of aryl methyl sites for hydroxylation is 12. The highest BCUT2D eigenvalue weighted by Gasteiger charge is 2.31. The van der Waals surface area contributed by atoms with Crippen LogP contribution < -0.4 is 0 Å². The summed E-state index contributed by atoms with van der Waals surface area (Å²) in [4.78, 5) is 0. The average molecular weight is 851 g/mol. The zero-order valence-corrected chi connectivity index (χ0v) is 42.4. The lowest BCUT2D eigenvalue weighted by Crippen LogP contribution is -2.09. The first-order chi connectivity index (χ1) is 31.2. The number of rotatable bonds is 21. The largest absolute Gasteiger partial charge is 0.0651 e. The molecule has 0 aliphatic carbocycles. The van der Waals surface area contributed by atoms with Gasteiger partial charge in [-0.25, -0.2) is 0 Å². The van der Waals surface area contributed by atoms with Gasteiger partial charge in [0.2, 0.25) is 0 Å². The van der Waals surface area contributed by atoms with E-state index >= 15 is 0 Å². The van der Waals surface area contributed by atoms with Gasteiger partial charge in [-0.05, 0) is 206 Å². The Labute approximate surface area is 391 Å². The Bertz CT molecular complexity index is 2410. The van der Waals surface area contributed by atoms with Crippen LogP contribution in [0.1, 0.15) is 176 Å². The number of hydrogen-bond acceptors (Lipinski definition) is 0. The van der Waals surface area contributed by atoms with E-state index in [1.807, 2.05) is 0 Å². The van der Waals surface area contributed by atoms with Crippen LogP contribution in [0.5, 0.6) is 0 Å². The molecule has 0 aliphatic heterocycles. The predicted octanol–water partition coefficient (Wildman–Crippen LogP) is 18.3. The average Bonchev–Trinajstić information content (AvgIpc) is 3.32. The Hall–Kier alpha value is -4.68. The van der Waals surface area contributed by atoms with Gasteiger partial charge in [0, 0.05) is 0 Å². The zero-order valence-electron chi connectivity index (χ0n) is 42.4. The maximum Gasteiger partial charge on any atom is -0.000857 e. The van der Waals surface area contributed by atoms with Crippen LogP contribution in [0.2, 0.25) is 0 Å². The number of hydrogen-bond donors (Lipinski definition) is 0. The van der Waals surface area contributed by atoms with Crippen LogP contribution in [-0.2, 0) is 77.0 Å². The first-order valence-corrected chi connectivity index (χ1v) is 26.1. The van der Waals surface area contributed by atoms with Crippen molar-refractivity contribution in [1.29, 1.82) is 0 Å². The normalized spacial score (nSPS) is 11.5. The first kappa shape index (κ1) is 48.8. The van der Waals surface area contributed by atoms with Crippen molar-refractivity contribution in [3.63, 3.8) is 0 Å². The van der Waals surface area contributed by atoms with Gasteiger partial charge >= 0.3 is 0 Å². The summed E-state index contributed by atoms with van der Waals surface area (Å²) in [6.07, 6.45) is 17.0. The third-order valence-corrected chi connectivity index (χ3v) is 14.1. The molecule has 0 saturated carbocycles. The van der Waals surface area contributed by atoms with E-state index < -0.39 is 0 Å². The molecule has 0 bridgehead atoms. The van der Waals surface area contributed by atoms with Crippen LogP contribution in [-0.4, -0.2) is 0 Å². The molecular weight excluding hydrogens is 769 g/mol. The standard InChI is InChI=1S/C64H82/c1-13-28-43-34-47(17-5)58(48(18-6)35-43)56-42-57(59-49(19-7)36-44(29-14-2)37-50(59)20-8)63(60-51(21-9)38-45(30-15-3)39-52(60)22-10)64(62(56)55-32-26-25-27-33-55)61-53(23-11)40-46(31-16-4)41-54(61)24-12/h25-27,32-42H,13-24,28-31H2,1-12H3. The van der Waals surface area contributed by atoms with E-state index in [1.165, 1.54) is 122 Å². The van der Waals surface area contributed by atoms with Gasteiger partial charge in [0.15, 0.2) is 0 Å². The molecule has 6 aromatic rings. The lowest BCUT2D eigenvalue weighted by molar-refractivity contribution is 0.911. The summed E-state index contributed by atoms with van der Waals surface area (Å²) in [7, 11) is 0. The maximum absolute atomic E-state index is 2.74. The quantitative estimate of drug-likeness (QED) is 0.0677. The summed E-state index contributed by atoms with van der Waals surface area (Å²) < 4.78 is 0. The maximum atomic E-state index is 2.74. The second kappa shape index (κ2) is 23.0. The highest BCUT2D eigenvalue weighted by molar-refractivity contribution is 6.10. The van der Waals surface area contributed by atoms with Crippen molar-refractivity contribution in [3.05, 3.63) is 152 Å². The smallest absolute Gasteiger partial charge is 0.000857 e. The molecule has 6 rings (SSSR count). The minimum atomic E-state index is 0.988. The van der Waals surface area contributed by atoms with Crippen molar-refractivity contribution in [1.82, 2.24) is 0 Å². The van der Waals surface area contributed by atoms with Crippen LogP contribution in [0.25, 0.3) is 55.6 Å². The van der Waals surface area contributed by atoms with E-state index in [0.29, 0.717) is 0 Å². The first-order valence-electron chi connectivity index (χ1n) is 26.1. The third kappa shape index (κ3) is 9.93. The van der Waals surface area contributed by atoms with Crippen LogP contribution >= 0.6 is 0 Å². The topological polar surface area (TPSA) is 0 Å². The van der Waals surface area contributed by atoms with Crippen molar-refractivity contribution in [2.24, 2.45) is 0 Å². The van der Waals surface area contributed by atoms with Crippen LogP contribution in [0.4, 0.5) is 0 Å². The fraction of sp³-hybridized carbons (Fsp3) is 0.438. The van der Waals surface area contributed by atoms with E-state index in [2.05, 4.69) is 168 Å². The fourth-order valence-electron chi connectivity index (χ4n) is 11.1. The van der Waals surface area contributed by atoms with Crippen molar-refractivity contribution >= 4 is 0 Å². The fourth-order valence-corrected chi connectivity index (χ4v) is 11.1. The molecule has 0 spiro atoms. The third-order valence-electron chi connectivity index (χ3n) is 14.1. The minimum absolute atomic E-state index is 0.988. The molecule has 0 aliphatic rings. The predicted molar refractivity (Wildman–Crippen MR) is 285 cm³/mol. The van der Waals surface area contributed by atoms with E-state index in [1.54, 1.807) is 0 Å². The Kier molecular flexibility index (Phi) is 17.5. The van der Waals surface area contributed by atoms with Gasteiger partial charge in [-0.3, -0.25) is 0 Å². The Morgan fingerprint density at radius 3 is 0.797 bits per heavy atom. The van der Waals surface area contributed by atoms with E-state index in [4.69, 9.17) is 0 Å². The van der Waals surface area contributed by atoms with Gasteiger partial charge in [0.25, 0.3) is 0 Å². The van der Waals surface area contributed by atoms with Crippen LogP contribution in [0.15, 0.2) is 84.9 Å². The monoisotopic (exact) mass is 851 g/mol. The Balaban J connectivity index is 2.07. The lowest BCUT2D eigenvalue weighted by atomic mass is 9.72. The Morgan fingerprint density at radius 1 is 0.250 bits per heavy atom. The van der Waals surface area contributed by atoms with E-state index in [0.717, 1.165) is 103 Å². The van der Waals surface area contributed by atoms with E-state index in [-0.39, 0.29) is 0 Å². The number of benzene rings is 6. The van der Waals surface area contributed by atoms with Gasteiger partial charge in [0.1, 0.15) is 0 Å². The highest BCUT2D eigenvalue weighted by Crippen LogP contribution is 2.55. The van der Waals surface area contributed by atoms with Gasteiger partial charge in [0.05, 0.1) is 0 Å². The summed E-state index contributed by atoms with van der Waals surface area (Å²) >= 11 is 0. The van der Waals surface area contributed by atoms with Crippen molar-refractivity contribution < 1.29 is 0 Å². The van der Waals surface area contributed by atoms with Gasteiger partial charge in [-0.15, -0.1) is 0 Å². The summed E-state index contributed by atoms with van der Waals surface area (Å²) in [5, 5.41) is 0. The SMILES string of the molecule is CCCc1cc(CC)c(-c2cc(-c3c(CC)cc(CCC)cc3CC)c(-c3c(CC)cc(CCC)cc3CC)c(-c3c(CC)cc(CCC)cc3CC)c2-c2ccccc2)c(CC)c1. The summed E-state index contributed by atoms with van der Waals surface area (Å²) in [6.45, 7) is 28.5. The summed E-state index contributed by atoms with van der Waals surface area (Å²) in [5.41, 5.74) is 32.1. The molecule has 0 atom stereocenters. The molecule has 0 heteroatoms. The second-order valence-corrected chi connectivity index (χ2v) is 18.4. The zero-order chi connectivity index (χ0) is 45.9. The molecule has 0 amide bonds. The van der Waals surface area contributed by atoms with Gasteiger partial charge < -0.3 is 0 Å². The molecule has 0 heterocycles. The van der Waals surface area contributed by atoms with E-state index in [9.17, 15) is 0 Å². The van der Waals surface area contributed by atoms with Gasteiger partial charge in [-0.1, -0.05) is 188 Å². The van der Waals surface area contributed by atoms with Crippen molar-refractivity contribution in [2.75, 3.05) is 0 Å². The van der Waals surface area contributed by atoms with Gasteiger partial charge in [-0.2, -0.15) is 0 Å². The summed E-state index contributed by atoms with van der Waals surface area (Å²) in [6, 6.07) is 35.0. The molecule has 0 fully saturated rings. The summed E-state index contributed by atoms with van der Waals surface area (Å²) in [5.74, 6) is 0. The van der Waals surface area contributed by atoms with Crippen molar-refractivity contribution in [3.8, 4) is 55.6 Å². The Morgan fingerprint density at radius 2 is 0.516 bits per heavy atom. The van der Waals surface area contributed by atoms with Crippen molar-refractivity contribution in [2.45, 2.75) is 186 Å². The molecule has 0 unspecified atom stereocenters. The molecule has 64 heavy (non-hydrogen) atoms. The molecule has 6 aromatic carbocycles.